The lowest BCUT2D eigenvalue weighted by molar-refractivity contribution is 0.422. The molecule has 0 heterocycles. The van der Waals surface area contributed by atoms with Gasteiger partial charge in [-0.1, -0.05) is 207 Å². The van der Waals surface area contributed by atoms with E-state index in [9.17, 15) is 0 Å². The summed E-state index contributed by atoms with van der Waals surface area (Å²) >= 11 is 0. The topological polar surface area (TPSA) is 0 Å². The van der Waals surface area contributed by atoms with Crippen LogP contribution in [-0.2, 0) is 0 Å². The molecule has 0 spiro atoms. The van der Waals surface area contributed by atoms with Gasteiger partial charge in [-0.05, 0) is 11.8 Å². The molecule has 0 aliphatic rings. The first kappa shape index (κ1) is 34.0. The molecule has 0 N–H and O–H groups in total. The van der Waals surface area contributed by atoms with Gasteiger partial charge in [0.1, 0.15) is 0 Å². The second kappa shape index (κ2) is 29.2. The molecule has 0 heteroatoms. The van der Waals surface area contributed by atoms with Crippen molar-refractivity contribution in [2.75, 3.05) is 0 Å². The van der Waals surface area contributed by atoms with Gasteiger partial charge >= 0.3 is 0 Å². The molecule has 0 nitrogen and oxygen atoms in total. The molecule has 2 unspecified atom stereocenters. The number of unbranched alkanes of at least 4 members (excludes halogenated alkanes) is 21. The van der Waals surface area contributed by atoms with Crippen molar-refractivity contribution < 1.29 is 0 Å². The van der Waals surface area contributed by atoms with Crippen LogP contribution in [0.25, 0.3) is 0 Å². The number of hydrogen-bond acceptors (Lipinski definition) is 0. The first-order valence-electron chi connectivity index (χ1n) is 16.7. The second-order valence-electron chi connectivity index (χ2n) is 12.1. The maximum atomic E-state index is 2.50. The highest BCUT2D eigenvalue weighted by molar-refractivity contribution is 4.58. The molecule has 0 bridgehead atoms. The average molecular weight is 479 g/mol. The van der Waals surface area contributed by atoms with E-state index in [-0.39, 0.29) is 0 Å². The Balaban J connectivity index is 3.22. The minimum absolute atomic E-state index is 0.965. The summed E-state index contributed by atoms with van der Waals surface area (Å²) < 4.78 is 0. The lowest BCUT2D eigenvalue weighted by Crippen LogP contribution is -1.96. The summed E-state index contributed by atoms with van der Waals surface area (Å²) in [6, 6.07) is 0. The van der Waals surface area contributed by atoms with Crippen molar-refractivity contribution >= 4 is 0 Å². The van der Waals surface area contributed by atoms with Crippen molar-refractivity contribution in [3.8, 4) is 0 Å². The van der Waals surface area contributed by atoms with Gasteiger partial charge in [-0.25, -0.2) is 0 Å². The Morgan fingerprint density at radius 3 is 0.647 bits per heavy atom. The van der Waals surface area contributed by atoms with E-state index in [1.54, 1.807) is 0 Å². The molecular weight excluding hydrogens is 408 g/mol. The smallest absolute Gasteiger partial charge is 0.0443 e. The third-order valence-corrected chi connectivity index (χ3v) is 8.24. The van der Waals surface area contributed by atoms with Crippen LogP contribution in [0.3, 0.4) is 0 Å². The molecule has 0 aromatic heterocycles. The minimum Gasteiger partial charge on any atom is -0.0654 e. The molecule has 0 aliphatic heterocycles. The molecule has 2 atom stereocenters. The zero-order valence-electron chi connectivity index (χ0n) is 25.0. The Labute approximate surface area is 219 Å². The summed E-state index contributed by atoms with van der Waals surface area (Å²) in [6.07, 6.45) is 41.1. The summed E-state index contributed by atoms with van der Waals surface area (Å²) in [5.41, 5.74) is 0. The van der Waals surface area contributed by atoms with E-state index >= 15 is 0 Å². The first-order chi connectivity index (χ1) is 16.7. The van der Waals surface area contributed by atoms with Gasteiger partial charge < -0.3 is 0 Å². The quantitative estimate of drug-likeness (QED) is 0.0937. The molecule has 0 saturated carbocycles. The lowest BCUT2D eigenvalue weighted by atomic mass is 9.95. The Morgan fingerprint density at radius 2 is 0.441 bits per heavy atom. The van der Waals surface area contributed by atoms with E-state index in [0.29, 0.717) is 0 Å². The summed E-state index contributed by atoms with van der Waals surface area (Å²) in [5, 5.41) is 0. The molecule has 0 radical (unpaired) electrons. The van der Waals surface area contributed by atoms with Crippen LogP contribution in [0.5, 0.6) is 0 Å². The van der Waals surface area contributed by atoms with Gasteiger partial charge in [-0.3, -0.25) is 0 Å². The Bertz CT molecular complexity index is 346. The molecule has 0 saturated heterocycles. The van der Waals surface area contributed by atoms with Crippen molar-refractivity contribution in [3.05, 3.63) is 0 Å². The zero-order chi connectivity index (χ0) is 25.0. The number of rotatable bonds is 29. The maximum Gasteiger partial charge on any atom is -0.0443 e. The predicted octanol–water partition coefficient (Wildman–Crippen LogP) is 13.2. The molecule has 0 amide bonds. The van der Waals surface area contributed by atoms with E-state index in [4.69, 9.17) is 0 Å². The van der Waals surface area contributed by atoms with Crippen LogP contribution in [-0.4, -0.2) is 0 Å². The fraction of sp³-hybridized carbons (Fsp3) is 1.00. The summed E-state index contributed by atoms with van der Waals surface area (Å²) in [4.78, 5) is 0. The highest BCUT2D eigenvalue weighted by Gasteiger charge is 2.04. The normalized spacial score (nSPS) is 13.4. The van der Waals surface area contributed by atoms with Gasteiger partial charge in [0.25, 0.3) is 0 Å². The van der Waals surface area contributed by atoms with E-state index in [1.165, 1.54) is 180 Å². The third-order valence-electron chi connectivity index (χ3n) is 8.24. The van der Waals surface area contributed by atoms with Crippen LogP contribution in [0.2, 0.25) is 0 Å². The second-order valence-corrected chi connectivity index (χ2v) is 12.1. The monoisotopic (exact) mass is 479 g/mol. The van der Waals surface area contributed by atoms with Crippen LogP contribution in [0.1, 0.15) is 207 Å². The third kappa shape index (κ3) is 28.2. The number of hydrogen-bond donors (Lipinski definition) is 0. The summed E-state index contributed by atoms with van der Waals surface area (Å²) in [7, 11) is 0. The van der Waals surface area contributed by atoms with E-state index in [1.807, 2.05) is 0 Å². The van der Waals surface area contributed by atoms with Gasteiger partial charge in [0.05, 0.1) is 0 Å². The van der Waals surface area contributed by atoms with Crippen LogP contribution in [0.15, 0.2) is 0 Å². The predicted molar refractivity (Wildman–Crippen MR) is 159 cm³/mol. The lowest BCUT2D eigenvalue weighted by Gasteiger charge is -2.12. The van der Waals surface area contributed by atoms with E-state index in [2.05, 4.69) is 27.7 Å². The average Bonchev–Trinajstić information content (AvgIpc) is 2.83. The molecule has 0 fully saturated rings. The van der Waals surface area contributed by atoms with E-state index in [0.717, 1.165) is 11.8 Å². The van der Waals surface area contributed by atoms with Crippen molar-refractivity contribution in [3.63, 3.8) is 0 Å². The Morgan fingerprint density at radius 1 is 0.265 bits per heavy atom. The highest BCUT2D eigenvalue weighted by atomic mass is 14.1. The van der Waals surface area contributed by atoms with Crippen molar-refractivity contribution in [1.29, 1.82) is 0 Å². The van der Waals surface area contributed by atoms with Gasteiger partial charge in [0, 0.05) is 0 Å². The Kier molecular flexibility index (Phi) is 29.2. The highest BCUT2D eigenvalue weighted by Crippen LogP contribution is 2.21. The summed E-state index contributed by atoms with van der Waals surface area (Å²) in [6.45, 7) is 9.61. The molecular formula is C34H70. The molecule has 0 aliphatic carbocycles. The fourth-order valence-electron chi connectivity index (χ4n) is 5.59. The van der Waals surface area contributed by atoms with Gasteiger partial charge in [-0.15, -0.1) is 0 Å². The fourth-order valence-corrected chi connectivity index (χ4v) is 5.59. The molecule has 34 heavy (non-hydrogen) atoms. The van der Waals surface area contributed by atoms with Crippen LogP contribution in [0, 0.1) is 11.8 Å². The SMILES string of the molecule is CCCCCCCCCCCCCC(C)CCCCCCCCCC(C)CCCCCCCC. The molecule has 0 rings (SSSR count). The largest absolute Gasteiger partial charge is 0.0654 e. The standard InChI is InChI=1S/C34H70/c1-5-7-9-11-13-14-15-16-18-22-26-30-34(4)32-28-24-20-17-19-23-27-31-33(3)29-25-21-12-10-8-6-2/h33-34H,5-32H2,1-4H3. The van der Waals surface area contributed by atoms with Gasteiger partial charge in [-0.2, -0.15) is 0 Å². The van der Waals surface area contributed by atoms with Gasteiger partial charge in [0.2, 0.25) is 0 Å². The van der Waals surface area contributed by atoms with E-state index < -0.39 is 0 Å². The minimum atomic E-state index is 0.965. The maximum absolute atomic E-state index is 2.50. The van der Waals surface area contributed by atoms with Crippen molar-refractivity contribution in [1.82, 2.24) is 0 Å². The molecule has 0 aromatic carbocycles. The van der Waals surface area contributed by atoms with Crippen LogP contribution in [0.4, 0.5) is 0 Å². The van der Waals surface area contributed by atoms with Crippen molar-refractivity contribution in [2.45, 2.75) is 207 Å². The van der Waals surface area contributed by atoms with Gasteiger partial charge in [0.15, 0.2) is 0 Å². The molecule has 0 aromatic rings. The van der Waals surface area contributed by atoms with Crippen LogP contribution >= 0.6 is 0 Å². The van der Waals surface area contributed by atoms with Crippen LogP contribution < -0.4 is 0 Å². The summed E-state index contributed by atoms with van der Waals surface area (Å²) in [5.74, 6) is 1.93. The first-order valence-corrected chi connectivity index (χ1v) is 16.7. The Hall–Kier alpha value is 0. The van der Waals surface area contributed by atoms with Crippen molar-refractivity contribution in [2.24, 2.45) is 11.8 Å². The molecule has 206 valence electrons. The zero-order valence-corrected chi connectivity index (χ0v) is 25.0.